The summed E-state index contributed by atoms with van der Waals surface area (Å²) in [5.41, 5.74) is 1.72. The van der Waals surface area contributed by atoms with E-state index >= 15 is 0 Å². The third kappa shape index (κ3) is 3.10. The number of hydrogen-bond acceptors (Lipinski definition) is 3. The van der Waals surface area contributed by atoms with Crippen molar-refractivity contribution in [3.63, 3.8) is 0 Å². The Morgan fingerprint density at radius 1 is 1.38 bits per heavy atom. The van der Waals surface area contributed by atoms with E-state index in [2.05, 4.69) is 57.1 Å². The van der Waals surface area contributed by atoms with Crippen molar-refractivity contribution in [2.24, 2.45) is 10.8 Å². The van der Waals surface area contributed by atoms with Gasteiger partial charge in [0.05, 0.1) is 17.5 Å². The second kappa shape index (κ2) is 5.40. The van der Waals surface area contributed by atoms with Crippen LogP contribution in [0.15, 0.2) is 24.6 Å². The third-order valence-corrected chi connectivity index (χ3v) is 4.98. The minimum Gasteiger partial charge on any atom is -0.379 e. The Morgan fingerprint density at radius 2 is 2.00 bits per heavy atom. The van der Waals surface area contributed by atoms with Crippen LogP contribution >= 0.6 is 0 Å². The van der Waals surface area contributed by atoms with Gasteiger partial charge in [0.25, 0.3) is 0 Å². The van der Waals surface area contributed by atoms with Crippen LogP contribution in [-0.4, -0.2) is 23.5 Å². The molecule has 0 aromatic carbocycles. The quantitative estimate of drug-likeness (QED) is 0.836. The molecule has 1 aliphatic carbocycles. The second-order valence-electron chi connectivity index (χ2n) is 7.79. The summed E-state index contributed by atoms with van der Waals surface area (Å²) in [6, 6.07) is 3.10. The molecule has 116 valence electrons. The van der Waals surface area contributed by atoms with Gasteiger partial charge in [0, 0.05) is 24.0 Å². The van der Waals surface area contributed by atoms with Gasteiger partial charge in [-0.2, -0.15) is 5.26 Å². The molecule has 0 amide bonds. The van der Waals surface area contributed by atoms with Crippen molar-refractivity contribution in [2.75, 3.05) is 6.54 Å². The molecule has 1 aliphatic heterocycles. The highest BCUT2D eigenvalue weighted by atomic mass is 15.2. The molecule has 0 radical (unpaired) electrons. The molecule has 21 heavy (non-hydrogen) atoms. The Labute approximate surface area is 129 Å². The minimum atomic E-state index is -0.333. The average Bonchev–Trinajstić information content (AvgIpc) is 3.09. The van der Waals surface area contributed by atoms with Gasteiger partial charge < -0.3 is 10.2 Å². The summed E-state index contributed by atoms with van der Waals surface area (Å²) in [4.78, 5) is 2.42. The van der Waals surface area contributed by atoms with Crippen LogP contribution in [0.25, 0.3) is 0 Å². The zero-order valence-electron chi connectivity index (χ0n) is 14.0. The first kappa shape index (κ1) is 15.9. The average molecular weight is 287 g/mol. The fraction of sp³-hybridized carbons (Fsp3) is 0.722. The molecule has 2 fully saturated rings. The summed E-state index contributed by atoms with van der Waals surface area (Å²) in [6.45, 7) is 18.5. The van der Waals surface area contributed by atoms with Gasteiger partial charge in [0.1, 0.15) is 0 Å². The number of nitrogens with zero attached hydrogens (tertiary/aromatic N) is 2. The van der Waals surface area contributed by atoms with Crippen LogP contribution in [0.3, 0.4) is 0 Å². The molecule has 3 heteroatoms. The van der Waals surface area contributed by atoms with Crippen molar-refractivity contribution in [1.82, 2.24) is 10.2 Å². The summed E-state index contributed by atoms with van der Waals surface area (Å²) >= 11 is 0. The lowest BCUT2D eigenvalue weighted by Crippen LogP contribution is -2.47. The van der Waals surface area contributed by atoms with Crippen molar-refractivity contribution >= 4 is 0 Å². The van der Waals surface area contributed by atoms with Crippen LogP contribution in [0.2, 0.25) is 0 Å². The molecule has 0 spiro atoms. The van der Waals surface area contributed by atoms with Gasteiger partial charge in [-0.3, -0.25) is 0 Å². The maximum atomic E-state index is 9.35. The summed E-state index contributed by atoms with van der Waals surface area (Å²) in [7, 11) is 0. The molecular weight excluding hydrogens is 258 g/mol. The third-order valence-electron chi connectivity index (χ3n) is 4.98. The second-order valence-corrected chi connectivity index (χ2v) is 7.79. The molecule has 0 aromatic rings. The van der Waals surface area contributed by atoms with Gasteiger partial charge in [-0.15, -0.1) is 0 Å². The van der Waals surface area contributed by atoms with E-state index < -0.39 is 0 Å². The Kier molecular flexibility index (Phi) is 4.10. The molecule has 1 N–H and O–H groups in total. The fourth-order valence-corrected chi connectivity index (χ4v) is 3.24. The van der Waals surface area contributed by atoms with Crippen LogP contribution in [0.1, 0.15) is 53.4 Å². The zero-order valence-corrected chi connectivity index (χ0v) is 14.0. The van der Waals surface area contributed by atoms with Crippen LogP contribution in [0.5, 0.6) is 0 Å². The largest absolute Gasteiger partial charge is 0.379 e. The highest BCUT2D eigenvalue weighted by molar-refractivity contribution is 5.30. The first-order valence-electron chi connectivity index (χ1n) is 8.04. The number of rotatable bonds is 5. The molecular formula is C18H29N3. The normalized spacial score (nSPS) is 25.1. The highest BCUT2D eigenvalue weighted by Crippen LogP contribution is 2.50. The van der Waals surface area contributed by atoms with E-state index in [0.717, 1.165) is 30.8 Å². The minimum absolute atomic E-state index is 0.0356. The predicted molar refractivity (Wildman–Crippen MR) is 87.3 cm³/mol. The maximum absolute atomic E-state index is 9.35. The maximum Gasteiger partial charge on any atom is 0.0963 e. The Morgan fingerprint density at radius 3 is 2.38 bits per heavy atom. The molecule has 1 saturated carbocycles. The number of nitrogens with one attached hydrogen (secondary N) is 1. The van der Waals surface area contributed by atoms with Crippen molar-refractivity contribution in [3.05, 3.63) is 24.6 Å². The molecule has 1 saturated heterocycles. The highest BCUT2D eigenvalue weighted by Gasteiger charge is 2.47. The Bertz CT molecular complexity index is 474. The van der Waals surface area contributed by atoms with Gasteiger partial charge in [-0.05, 0) is 38.0 Å². The van der Waals surface area contributed by atoms with E-state index in [0.29, 0.717) is 6.04 Å². The number of hydrogen-bond donors (Lipinski definition) is 1. The van der Waals surface area contributed by atoms with Gasteiger partial charge in [-0.25, -0.2) is 0 Å². The van der Waals surface area contributed by atoms with Crippen molar-refractivity contribution in [3.8, 4) is 6.07 Å². The number of allylic oxidation sites excluding steroid dienone is 1. The predicted octanol–water partition coefficient (Wildman–Crippen LogP) is 3.81. The molecule has 0 aromatic heterocycles. The first-order chi connectivity index (χ1) is 9.71. The van der Waals surface area contributed by atoms with Gasteiger partial charge >= 0.3 is 0 Å². The van der Waals surface area contributed by atoms with Crippen LogP contribution < -0.4 is 5.32 Å². The lowest BCUT2D eigenvalue weighted by molar-refractivity contribution is 0.232. The summed E-state index contributed by atoms with van der Waals surface area (Å²) < 4.78 is 0. The van der Waals surface area contributed by atoms with E-state index in [4.69, 9.17) is 0 Å². The fourth-order valence-electron chi connectivity index (χ4n) is 3.24. The molecule has 2 atom stereocenters. The molecule has 2 rings (SSSR count). The summed E-state index contributed by atoms with van der Waals surface area (Å²) in [6.07, 6.45) is 4.33. The summed E-state index contributed by atoms with van der Waals surface area (Å²) in [5, 5.41) is 12.9. The van der Waals surface area contributed by atoms with E-state index in [1.54, 1.807) is 0 Å². The van der Waals surface area contributed by atoms with Crippen LogP contribution in [0, 0.1) is 22.2 Å². The smallest absolute Gasteiger partial charge is 0.0963 e. The van der Waals surface area contributed by atoms with Gasteiger partial charge in [0.2, 0.25) is 0 Å². The lowest BCUT2D eigenvalue weighted by atomic mass is 9.83. The van der Waals surface area contributed by atoms with Gasteiger partial charge in [-0.1, -0.05) is 33.9 Å². The van der Waals surface area contributed by atoms with E-state index in [9.17, 15) is 5.26 Å². The van der Waals surface area contributed by atoms with Crippen LogP contribution in [-0.2, 0) is 0 Å². The molecule has 1 heterocycles. The molecule has 2 unspecified atom stereocenters. The SMILES string of the molecule is C=C(C(NC(=C)C1(C#N)CC1)C(C)(C)C)N1CCCC1C. The molecule has 3 nitrogen and oxygen atoms in total. The van der Waals surface area contributed by atoms with E-state index in [1.165, 1.54) is 12.8 Å². The Hall–Kier alpha value is -1.43. The number of likely N-dealkylation sites (tertiary alicyclic amines) is 1. The zero-order chi connectivity index (χ0) is 15.8. The molecule has 0 bridgehead atoms. The van der Waals surface area contributed by atoms with Crippen molar-refractivity contribution in [2.45, 2.75) is 65.5 Å². The number of nitriles is 1. The van der Waals surface area contributed by atoms with Crippen LogP contribution in [0.4, 0.5) is 0 Å². The van der Waals surface area contributed by atoms with Crippen molar-refractivity contribution < 1.29 is 0 Å². The van der Waals surface area contributed by atoms with Crippen molar-refractivity contribution in [1.29, 1.82) is 5.26 Å². The topological polar surface area (TPSA) is 39.1 Å². The molecule has 2 aliphatic rings. The standard InChI is InChI=1S/C18H29N3/c1-13-8-7-11-21(13)14(2)16(17(4,5)6)20-15(3)18(12-19)9-10-18/h13,16,20H,2-3,7-11H2,1,4-6H3. The first-order valence-corrected chi connectivity index (χ1v) is 8.04. The van der Waals surface area contributed by atoms with Gasteiger partial charge in [0.15, 0.2) is 0 Å². The monoisotopic (exact) mass is 287 g/mol. The summed E-state index contributed by atoms with van der Waals surface area (Å²) in [5.74, 6) is 0. The van der Waals surface area contributed by atoms with E-state index in [-0.39, 0.29) is 16.9 Å². The Balaban J connectivity index is 2.14. The lowest BCUT2D eigenvalue weighted by Gasteiger charge is -2.40. The van der Waals surface area contributed by atoms with E-state index in [1.807, 2.05) is 0 Å².